The first kappa shape index (κ1) is 77.3. The molecule has 2 aromatic heterocycles. The molecule has 0 radical (unpaired) electrons. The third-order valence-electron chi connectivity index (χ3n) is 10.3. The molecule has 0 saturated carbocycles. The zero-order valence-electron chi connectivity index (χ0n) is 47.4. The van der Waals surface area contributed by atoms with Gasteiger partial charge < -0.3 is 38.2 Å². The fraction of sp³-hybridized carbons (Fsp3) is 0.500. The van der Waals surface area contributed by atoms with Crippen LogP contribution in [0.1, 0.15) is 120 Å². The second-order valence-corrected chi connectivity index (χ2v) is 18.8. The molecule has 0 saturated heterocycles. The van der Waals surface area contributed by atoms with E-state index in [4.69, 9.17) is 52.3 Å². The molecule has 460 valence electrons. The number of anilines is 2. The molecule has 0 bridgehead atoms. The van der Waals surface area contributed by atoms with Gasteiger partial charge in [-0.25, -0.2) is 39.8 Å². The third kappa shape index (κ3) is 24.4. The number of pyridine rings is 2. The zero-order chi connectivity index (χ0) is 64.0. The number of cyclic esters (lactones) is 2. The summed E-state index contributed by atoms with van der Waals surface area (Å²) >= 11 is 10.8. The third-order valence-corrected chi connectivity index (χ3v) is 13.3. The van der Waals surface area contributed by atoms with Crippen molar-refractivity contribution in [2.75, 3.05) is 51.5 Å². The highest BCUT2D eigenvalue weighted by Crippen LogP contribution is 2.53. The van der Waals surface area contributed by atoms with E-state index in [1.807, 2.05) is 6.92 Å². The fourth-order valence-electron chi connectivity index (χ4n) is 6.12. The number of hydrazine groups is 2. The Balaban J connectivity index is 0. The quantitative estimate of drug-likeness (QED) is 0.0107. The maximum absolute atomic E-state index is 12.6. The van der Waals surface area contributed by atoms with E-state index in [1.165, 1.54) is 28.1 Å². The maximum Gasteiger partial charge on any atom is 0.419 e. The van der Waals surface area contributed by atoms with E-state index in [9.17, 15) is 74.1 Å². The number of Topliss-reactive ketones (excluding diaryl/α,β-unsaturated/α-hetero) is 1. The van der Waals surface area contributed by atoms with Gasteiger partial charge in [-0.1, -0.05) is 50.9 Å². The first-order chi connectivity index (χ1) is 38.1. The molecule has 2 aliphatic rings. The number of carbonyl (C=O) groups is 9. The van der Waals surface area contributed by atoms with Gasteiger partial charge in [0.25, 0.3) is 11.8 Å². The van der Waals surface area contributed by atoms with E-state index < -0.39 is 100 Å². The average molecular weight is 1240 g/mol. The van der Waals surface area contributed by atoms with Crippen molar-refractivity contribution in [1.29, 1.82) is 0 Å². The fourth-order valence-corrected chi connectivity index (χ4v) is 8.08. The van der Waals surface area contributed by atoms with Crippen molar-refractivity contribution in [2.24, 2.45) is 5.84 Å². The van der Waals surface area contributed by atoms with Crippen LogP contribution in [0.25, 0.3) is 0 Å². The van der Waals surface area contributed by atoms with Crippen LogP contribution in [0.15, 0.2) is 57.7 Å². The van der Waals surface area contributed by atoms with Crippen LogP contribution in [0, 0.1) is 0 Å². The van der Waals surface area contributed by atoms with Crippen LogP contribution in [0.4, 0.5) is 38.0 Å². The van der Waals surface area contributed by atoms with Crippen LogP contribution in [-0.4, -0.2) is 115 Å². The monoisotopic (exact) mass is 1240 g/mol. The number of imide groups is 1. The molecule has 4 N–H and O–H groups in total. The number of nitrogens with one attached hydrogen (secondary N) is 2. The standard InChI is InChI=1S/C13H11ClF3N3O2.C11H18O4.C8H17O5P.C7H8O3.C6H5ClF3N3.C5H8O3/c1-3-7-6(2)11(21)20(12(7)22)19-9-5-4-8(10(14)18-9)13(15,16)17;1-5-9(11(13)15-7-3)8(4)10(12)14-6-2;1-5-7(8(9)13-6-2)14(10,11-3)12-4;1-3-5-4(2)6(8)10-7(5)9;7-5-3(6(8,9)10)1-2-4(12-5)13-11;1-3-8-5(7)4(2)6/h4-5H,3H2,1-2H3,(H,18,19);5-7H2,1-4H3;7H,5-6H2,1-4H3;3H2,1-2H3;1-2H,11H2,(H,12,13);3H2,1-2H3/b;9-8-;;;;. The number of esters is 6. The number of halogens is 8. The van der Waals surface area contributed by atoms with E-state index in [0.29, 0.717) is 71.8 Å². The topological polar surface area (TPSA) is 314 Å². The highest BCUT2D eigenvalue weighted by Gasteiger charge is 2.40. The minimum absolute atomic E-state index is 0.0815. The van der Waals surface area contributed by atoms with Gasteiger partial charge in [0.15, 0.2) is 5.66 Å². The Hall–Kier alpha value is -6.78. The molecule has 4 heterocycles. The summed E-state index contributed by atoms with van der Waals surface area (Å²) in [6, 6.07) is 3.62. The lowest BCUT2D eigenvalue weighted by Gasteiger charge is -2.21. The number of nitrogens with two attached hydrogens (primary N) is 1. The van der Waals surface area contributed by atoms with Crippen LogP contribution < -0.4 is 16.7 Å². The number of carbonyl (C=O) groups excluding carboxylic acids is 9. The van der Waals surface area contributed by atoms with Gasteiger partial charge in [-0.05, 0) is 98.4 Å². The van der Waals surface area contributed by atoms with Crippen molar-refractivity contribution in [3.63, 3.8) is 0 Å². The van der Waals surface area contributed by atoms with E-state index in [1.54, 1.807) is 62.3 Å². The van der Waals surface area contributed by atoms with Crippen molar-refractivity contribution in [3.8, 4) is 0 Å². The van der Waals surface area contributed by atoms with E-state index in [-0.39, 0.29) is 30.4 Å². The first-order valence-corrected chi connectivity index (χ1v) is 26.8. The van der Waals surface area contributed by atoms with Gasteiger partial charge in [0, 0.05) is 54.6 Å². The molecule has 0 fully saturated rings. The number of hydrogen-bond donors (Lipinski definition) is 3. The summed E-state index contributed by atoms with van der Waals surface area (Å²) in [5, 5.41) is -0.681. The van der Waals surface area contributed by atoms with Gasteiger partial charge in [0.1, 0.15) is 21.9 Å². The predicted molar refractivity (Wildman–Crippen MR) is 285 cm³/mol. The summed E-state index contributed by atoms with van der Waals surface area (Å²) in [5.74, 6) is 0.0287. The van der Waals surface area contributed by atoms with Crippen molar-refractivity contribution in [1.82, 2.24) is 15.0 Å². The molecule has 82 heavy (non-hydrogen) atoms. The van der Waals surface area contributed by atoms with Crippen molar-refractivity contribution in [2.45, 2.75) is 127 Å². The second-order valence-electron chi connectivity index (χ2n) is 15.6. The Labute approximate surface area is 479 Å². The normalized spacial score (nSPS) is 13.6. The molecular weight excluding hydrogens is 1170 g/mol. The predicted octanol–water partition coefficient (Wildman–Crippen LogP) is 9.80. The Kier molecular flexibility index (Phi) is 35.2. The Morgan fingerprint density at radius 3 is 1.41 bits per heavy atom. The summed E-state index contributed by atoms with van der Waals surface area (Å²) in [4.78, 5) is 107. The SMILES string of the molecule is CCC1=C(C)C(=O)N(Nc2ccc(C(F)(F)F)c(Cl)n2)C1=O.CCC1=C(C)C(=O)OC1=O.CCOC(=O)/C(C)=C(/CC)C(=O)OCC.CCOC(=O)C(C)=O.CCOC(=O)C(CC)P(=O)(OC)OC.NNc1ccc(C(F)(F)F)c(Cl)n1. The number of rotatable bonds is 18. The first-order valence-electron chi connectivity index (χ1n) is 24.4. The average Bonchev–Trinajstić information content (AvgIpc) is 3.83. The summed E-state index contributed by atoms with van der Waals surface area (Å²) in [5.41, 5.74) is 3.86. The van der Waals surface area contributed by atoms with Crippen LogP contribution in [0.2, 0.25) is 10.3 Å². The van der Waals surface area contributed by atoms with Crippen LogP contribution in [0.3, 0.4) is 0 Å². The Bertz CT molecular complexity index is 2730. The van der Waals surface area contributed by atoms with E-state index >= 15 is 0 Å². The highest BCUT2D eigenvalue weighted by molar-refractivity contribution is 7.55. The van der Waals surface area contributed by atoms with E-state index in [0.717, 1.165) is 24.3 Å². The number of ketones is 1. The van der Waals surface area contributed by atoms with Crippen LogP contribution in [-0.2, 0) is 92.8 Å². The number of nitrogen functional groups attached to an aromatic ring is 1. The van der Waals surface area contributed by atoms with Gasteiger partial charge in [0.05, 0.1) is 37.6 Å². The van der Waals surface area contributed by atoms with Gasteiger partial charge in [-0.3, -0.25) is 29.2 Å². The lowest BCUT2D eigenvalue weighted by molar-refractivity contribution is -0.152. The summed E-state index contributed by atoms with van der Waals surface area (Å²) < 4.78 is 118. The number of ether oxygens (including phenoxy) is 5. The Morgan fingerprint density at radius 2 is 1.10 bits per heavy atom. The van der Waals surface area contributed by atoms with E-state index in [2.05, 4.69) is 30.3 Å². The van der Waals surface area contributed by atoms with Gasteiger partial charge >= 0.3 is 55.8 Å². The smallest absolute Gasteiger partial charge is 0.419 e. The number of alkyl halides is 6. The number of hydrogen-bond acceptors (Lipinski definition) is 22. The molecule has 4 rings (SSSR count). The number of amides is 2. The van der Waals surface area contributed by atoms with Gasteiger partial charge in [0.2, 0.25) is 5.78 Å². The lowest BCUT2D eigenvalue weighted by Crippen LogP contribution is -2.37. The number of nitrogens with zero attached hydrogens (tertiary/aromatic N) is 3. The largest absolute Gasteiger partial charge is 0.465 e. The van der Waals surface area contributed by atoms with Gasteiger partial charge in [-0.2, -0.15) is 31.4 Å². The number of aromatic nitrogens is 2. The van der Waals surface area contributed by atoms with Crippen molar-refractivity contribution in [3.05, 3.63) is 79.1 Å². The molecule has 2 amide bonds. The minimum atomic E-state index is -4.63. The summed E-state index contributed by atoms with van der Waals surface area (Å²) in [6.07, 6.45) is -7.36. The molecular formula is C50H67Cl2F6N6O17P. The van der Waals surface area contributed by atoms with Crippen molar-refractivity contribution < 1.29 is 107 Å². The summed E-state index contributed by atoms with van der Waals surface area (Å²) in [7, 11) is -0.839. The molecule has 1 unspecified atom stereocenters. The minimum Gasteiger partial charge on any atom is -0.465 e. The molecule has 2 aliphatic heterocycles. The Morgan fingerprint density at radius 1 is 0.659 bits per heavy atom. The molecule has 0 aromatic carbocycles. The summed E-state index contributed by atoms with van der Waals surface area (Å²) in [6.45, 7) is 20.9. The zero-order valence-corrected chi connectivity index (χ0v) is 49.8. The molecule has 0 aliphatic carbocycles. The van der Waals surface area contributed by atoms with Gasteiger partial charge in [-0.15, -0.1) is 0 Å². The molecule has 23 nitrogen and oxygen atoms in total. The van der Waals surface area contributed by atoms with Crippen molar-refractivity contribution >= 4 is 95.8 Å². The lowest BCUT2D eigenvalue weighted by atomic mass is 10.1. The van der Waals surface area contributed by atoms with Crippen LogP contribution in [0.5, 0.6) is 0 Å². The molecule has 32 heteroatoms. The van der Waals surface area contributed by atoms with Crippen LogP contribution >= 0.6 is 30.8 Å². The second kappa shape index (κ2) is 37.3. The molecule has 0 spiro atoms. The molecule has 1 atom stereocenters. The highest BCUT2D eigenvalue weighted by atomic mass is 35.5. The molecule has 2 aromatic rings. The maximum atomic E-state index is 12.6.